The van der Waals surface area contributed by atoms with Crippen LogP contribution in [0.3, 0.4) is 0 Å². The first-order valence-corrected chi connectivity index (χ1v) is 8.92. The summed E-state index contributed by atoms with van der Waals surface area (Å²) < 4.78 is 5.97. The predicted octanol–water partition coefficient (Wildman–Crippen LogP) is 2.73. The summed E-state index contributed by atoms with van der Waals surface area (Å²) in [5.41, 5.74) is 2.81. The highest BCUT2D eigenvalue weighted by Gasteiger charge is 2.23. The normalized spacial score (nSPS) is 27.3. The molecule has 1 saturated carbocycles. The SMILES string of the molecule is CC(=O)NC1CCC(NCCC2OCCc3ccccc32)CC1. The number of rotatable bonds is 5. The van der Waals surface area contributed by atoms with Crippen molar-refractivity contribution < 1.29 is 9.53 Å². The van der Waals surface area contributed by atoms with Gasteiger partial charge in [-0.15, -0.1) is 0 Å². The van der Waals surface area contributed by atoms with Crippen LogP contribution in [0, 0.1) is 0 Å². The van der Waals surface area contributed by atoms with Gasteiger partial charge in [0.2, 0.25) is 5.91 Å². The smallest absolute Gasteiger partial charge is 0.217 e. The van der Waals surface area contributed by atoms with Crippen LogP contribution in [0.1, 0.15) is 56.3 Å². The van der Waals surface area contributed by atoms with Crippen LogP contribution in [0.25, 0.3) is 0 Å². The highest BCUT2D eigenvalue weighted by atomic mass is 16.5. The summed E-state index contributed by atoms with van der Waals surface area (Å²) in [4.78, 5) is 11.1. The van der Waals surface area contributed by atoms with Crippen molar-refractivity contribution in [2.24, 2.45) is 0 Å². The number of hydrogen-bond donors (Lipinski definition) is 2. The van der Waals surface area contributed by atoms with Gasteiger partial charge >= 0.3 is 0 Å². The third kappa shape index (κ3) is 4.55. The van der Waals surface area contributed by atoms with Gasteiger partial charge in [0, 0.05) is 19.0 Å². The van der Waals surface area contributed by atoms with Gasteiger partial charge in [0.15, 0.2) is 0 Å². The fourth-order valence-electron chi connectivity index (χ4n) is 3.86. The molecule has 1 atom stereocenters. The van der Waals surface area contributed by atoms with E-state index in [0.29, 0.717) is 12.1 Å². The maximum absolute atomic E-state index is 11.1. The highest BCUT2D eigenvalue weighted by Crippen LogP contribution is 2.29. The molecule has 0 saturated heterocycles. The Balaban J connectivity index is 1.40. The third-order valence-corrected chi connectivity index (χ3v) is 5.07. The minimum absolute atomic E-state index is 0.0921. The Morgan fingerprint density at radius 2 is 1.91 bits per heavy atom. The van der Waals surface area contributed by atoms with Crippen LogP contribution >= 0.6 is 0 Å². The Kier molecular flexibility index (Phi) is 5.68. The lowest BCUT2D eigenvalue weighted by Gasteiger charge is -2.31. The van der Waals surface area contributed by atoms with E-state index in [0.717, 1.165) is 51.7 Å². The Morgan fingerprint density at radius 1 is 1.17 bits per heavy atom. The van der Waals surface area contributed by atoms with E-state index in [-0.39, 0.29) is 12.0 Å². The van der Waals surface area contributed by atoms with E-state index in [1.54, 1.807) is 6.92 Å². The minimum Gasteiger partial charge on any atom is -0.373 e. The number of ether oxygens (including phenoxy) is 1. The quantitative estimate of drug-likeness (QED) is 0.878. The van der Waals surface area contributed by atoms with Crippen molar-refractivity contribution in [3.63, 3.8) is 0 Å². The Bertz CT molecular complexity index is 524. The van der Waals surface area contributed by atoms with Crippen LogP contribution in [0.15, 0.2) is 24.3 Å². The van der Waals surface area contributed by atoms with Crippen LogP contribution in [0.5, 0.6) is 0 Å². The van der Waals surface area contributed by atoms with Crippen LogP contribution in [-0.4, -0.2) is 31.1 Å². The monoisotopic (exact) mass is 316 g/mol. The van der Waals surface area contributed by atoms with Gasteiger partial charge in [-0.2, -0.15) is 0 Å². The van der Waals surface area contributed by atoms with Gasteiger partial charge in [-0.1, -0.05) is 24.3 Å². The van der Waals surface area contributed by atoms with Crippen molar-refractivity contribution in [3.05, 3.63) is 35.4 Å². The molecule has 126 valence electrons. The summed E-state index contributed by atoms with van der Waals surface area (Å²) in [5.74, 6) is 0.0921. The Hall–Kier alpha value is -1.39. The van der Waals surface area contributed by atoms with Crippen molar-refractivity contribution in [2.75, 3.05) is 13.2 Å². The summed E-state index contributed by atoms with van der Waals surface area (Å²) in [7, 11) is 0. The molecular weight excluding hydrogens is 288 g/mol. The van der Waals surface area contributed by atoms with Crippen LogP contribution in [0.4, 0.5) is 0 Å². The molecule has 1 fully saturated rings. The summed E-state index contributed by atoms with van der Waals surface area (Å²) in [6, 6.07) is 9.61. The lowest BCUT2D eigenvalue weighted by Crippen LogP contribution is -2.41. The Labute approximate surface area is 139 Å². The average Bonchev–Trinajstić information content (AvgIpc) is 2.56. The van der Waals surface area contributed by atoms with E-state index in [1.807, 2.05) is 0 Å². The molecule has 3 rings (SSSR count). The molecule has 1 heterocycles. The molecule has 0 spiro atoms. The predicted molar refractivity (Wildman–Crippen MR) is 91.3 cm³/mol. The second-order valence-corrected chi connectivity index (χ2v) is 6.80. The fraction of sp³-hybridized carbons (Fsp3) is 0.632. The summed E-state index contributed by atoms with van der Waals surface area (Å²) in [5, 5.41) is 6.72. The van der Waals surface area contributed by atoms with Crippen molar-refractivity contribution in [2.45, 2.75) is 63.6 Å². The van der Waals surface area contributed by atoms with Gasteiger partial charge in [0.05, 0.1) is 12.7 Å². The highest BCUT2D eigenvalue weighted by molar-refractivity contribution is 5.73. The first-order valence-electron chi connectivity index (χ1n) is 8.92. The van der Waals surface area contributed by atoms with Crippen molar-refractivity contribution in [1.29, 1.82) is 0 Å². The zero-order valence-corrected chi connectivity index (χ0v) is 14.0. The van der Waals surface area contributed by atoms with E-state index < -0.39 is 0 Å². The number of fused-ring (bicyclic) bond motifs is 1. The lowest BCUT2D eigenvalue weighted by atomic mass is 9.90. The zero-order chi connectivity index (χ0) is 16.1. The molecule has 4 heteroatoms. The zero-order valence-electron chi connectivity index (χ0n) is 14.0. The summed E-state index contributed by atoms with van der Waals surface area (Å²) in [6.07, 6.45) is 6.76. The molecule has 23 heavy (non-hydrogen) atoms. The first kappa shape index (κ1) is 16.5. The van der Waals surface area contributed by atoms with E-state index in [1.165, 1.54) is 11.1 Å². The maximum Gasteiger partial charge on any atom is 0.217 e. The molecule has 1 aromatic carbocycles. The molecule has 1 aromatic rings. The first-order chi connectivity index (χ1) is 11.2. The van der Waals surface area contributed by atoms with Gasteiger partial charge < -0.3 is 15.4 Å². The van der Waals surface area contributed by atoms with Crippen LogP contribution in [0.2, 0.25) is 0 Å². The van der Waals surface area contributed by atoms with Crippen LogP contribution in [-0.2, 0) is 16.0 Å². The molecule has 1 unspecified atom stereocenters. The third-order valence-electron chi connectivity index (χ3n) is 5.07. The van der Waals surface area contributed by atoms with Gasteiger partial charge in [-0.05, 0) is 56.2 Å². The summed E-state index contributed by atoms with van der Waals surface area (Å²) >= 11 is 0. The van der Waals surface area contributed by atoms with Crippen molar-refractivity contribution in [3.8, 4) is 0 Å². The number of nitrogens with one attached hydrogen (secondary N) is 2. The number of hydrogen-bond acceptors (Lipinski definition) is 3. The minimum atomic E-state index is 0.0921. The van der Waals surface area contributed by atoms with Crippen molar-refractivity contribution >= 4 is 5.91 Å². The van der Waals surface area contributed by atoms with Gasteiger partial charge in [-0.3, -0.25) is 4.79 Å². The molecular formula is C19H28N2O2. The van der Waals surface area contributed by atoms with Gasteiger partial charge in [0.1, 0.15) is 0 Å². The van der Waals surface area contributed by atoms with E-state index in [4.69, 9.17) is 4.74 Å². The summed E-state index contributed by atoms with van der Waals surface area (Å²) in [6.45, 7) is 3.43. The van der Waals surface area contributed by atoms with Crippen LogP contribution < -0.4 is 10.6 Å². The van der Waals surface area contributed by atoms with E-state index >= 15 is 0 Å². The maximum atomic E-state index is 11.1. The second-order valence-electron chi connectivity index (χ2n) is 6.80. The second kappa shape index (κ2) is 7.93. The van der Waals surface area contributed by atoms with Gasteiger partial charge in [0.25, 0.3) is 0 Å². The molecule has 4 nitrogen and oxygen atoms in total. The van der Waals surface area contributed by atoms with Crippen molar-refractivity contribution in [1.82, 2.24) is 10.6 Å². The molecule has 0 radical (unpaired) electrons. The molecule has 2 aliphatic rings. The molecule has 2 N–H and O–H groups in total. The average molecular weight is 316 g/mol. The number of carbonyl (C=O) groups excluding carboxylic acids is 1. The molecule has 0 bridgehead atoms. The topological polar surface area (TPSA) is 50.4 Å². The molecule has 1 aliphatic heterocycles. The molecule has 1 amide bonds. The Morgan fingerprint density at radius 3 is 2.70 bits per heavy atom. The standard InChI is InChI=1S/C19H28N2O2/c1-14(22)21-17-8-6-16(7-9-17)20-12-10-19-18-5-3-2-4-15(18)11-13-23-19/h2-5,16-17,19-20H,6-13H2,1H3,(H,21,22). The van der Waals surface area contributed by atoms with Gasteiger partial charge in [-0.25, -0.2) is 0 Å². The van der Waals surface area contributed by atoms with E-state index in [2.05, 4.69) is 34.9 Å². The number of benzene rings is 1. The fourth-order valence-corrected chi connectivity index (χ4v) is 3.86. The largest absolute Gasteiger partial charge is 0.373 e. The molecule has 0 aromatic heterocycles. The lowest BCUT2D eigenvalue weighted by molar-refractivity contribution is -0.119. The van der Waals surface area contributed by atoms with E-state index in [9.17, 15) is 4.79 Å². The molecule has 1 aliphatic carbocycles. The number of carbonyl (C=O) groups is 1. The number of amides is 1.